The van der Waals surface area contributed by atoms with Crippen molar-refractivity contribution in [1.82, 2.24) is 14.8 Å². The van der Waals surface area contributed by atoms with Gasteiger partial charge in [-0.3, -0.25) is 4.79 Å². The summed E-state index contributed by atoms with van der Waals surface area (Å²) in [5.74, 6) is -1.14. The van der Waals surface area contributed by atoms with Crippen LogP contribution in [-0.2, 0) is 11.8 Å². The maximum atomic E-state index is 13.8. The Balaban J connectivity index is 2.39. The standard InChI is InChI=1S/C11H9BrFN3O2S/c1-16-10(9-6(12)3-2-4-7(9)13)14-15-11(16)19-5-8(17)18/h2-4H,5H2,1H3,(H,17,18). The Labute approximate surface area is 121 Å². The highest BCUT2D eigenvalue weighted by Crippen LogP contribution is 2.30. The van der Waals surface area contributed by atoms with Crippen molar-refractivity contribution in [1.29, 1.82) is 0 Å². The lowest BCUT2D eigenvalue weighted by Crippen LogP contribution is -2.01. The number of hydrogen-bond donors (Lipinski definition) is 1. The van der Waals surface area contributed by atoms with Crippen molar-refractivity contribution in [2.75, 3.05) is 5.75 Å². The van der Waals surface area contributed by atoms with Crippen LogP contribution in [-0.4, -0.2) is 31.6 Å². The van der Waals surface area contributed by atoms with Gasteiger partial charge in [0, 0.05) is 11.5 Å². The Bertz CT molecular complexity index is 612. The van der Waals surface area contributed by atoms with Gasteiger partial charge in [0.1, 0.15) is 5.82 Å². The number of aromatic nitrogens is 3. The molecule has 0 saturated heterocycles. The van der Waals surface area contributed by atoms with Gasteiger partial charge in [0.05, 0.1) is 11.3 Å². The van der Waals surface area contributed by atoms with Crippen molar-refractivity contribution in [2.45, 2.75) is 5.16 Å². The van der Waals surface area contributed by atoms with Gasteiger partial charge >= 0.3 is 5.97 Å². The summed E-state index contributed by atoms with van der Waals surface area (Å²) in [6, 6.07) is 4.62. The van der Waals surface area contributed by atoms with Gasteiger partial charge < -0.3 is 9.67 Å². The third-order valence-electron chi connectivity index (χ3n) is 2.35. The number of nitrogens with zero attached hydrogens (tertiary/aromatic N) is 3. The summed E-state index contributed by atoms with van der Waals surface area (Å²) in [4.78, 5) is 10.5. The highest BCUT2D eigenvalue weighted by molar-refractivity contribution is 9.10. The van der Waals surface area contributed by atoms with E-state index in [1.165, 1.54) is 6.07 Å². The molecule has 0 radical (unpaired) electrons. The normalized spacial score (nSPS) is 10.7. The minimum atomic E-state index is -0.943. The van der Waals surface area contributed by atoms with Crippen LogP contribution in [0, 0.1) is 5.82 Å². The van der Waals surface area contributed by atoms with Crippen LogP contribution >= 0.6 is 27.7 Å². The van der Waals surface area contributed by atoms with Gasteiger partial charge in [0.15, 0.2) is 11.0 Å². The predicted octanol–water partition coefficient (Wildman–Crippen LogP) is 2.56. The quantitative estimate of drug-likeness (QED) is 0.862. The molecule has 0 amide bonds. The van der Waals surface area contributed by atoms with Gasteiger partial charge in [0.2, 0.25) is 0 Å². The molecule has 2 rings (SSSR count). The van der Waals surface area contributed by atoms with E-state index >= 15 is 0 Å². The molecule has 1 aromatic carbocycles. The Hall–Kier alpha value is -1.41. The van der Waals surface area contributed by atoms with Crippen LogP contribution in [0.15, 0.2) is 27.8 Å². The zero-order chi connectivity index (χ0) is 14.0. The molecule has 0 fully saturated rings. The average Bonchev–Trinajstić information content (AvgIpc) is 2.68. The van der Waals surface area contributed by atoms with E-state index < -0.39 is 11.8 Å². The molecule has 0 aliphatic carbocycles. The summed E-state index contributed by atoms with van der Waals surface area (Å²) in [5.41, 5.74) is 0.305. The van der Waals surface area contributed by atoms with Gasteiger partial charge in [0.25, 0.3) is 0 Å². The van der Waals surface area contributed by atoms with E-state index in [-0.39, 0.29) is 5.75 Å². The molecule has 0 aliphatic heterocycles. The molecule has 0 aliphatic rings. The predicted molar refractivity (Wildman–Crippen MR) is 72.5 cm³/mol. The van der Waals surface area contributed by atoms with E-state index in [2.05, 4.69) is 26.1 Å². The van der Waals surface area contributed by atoms with Crippen LogP contribution in [0.25, 0.3) is 11.4 Å². The zero-order valence-corrected chi connectivity index (χ0v) is 12.2. The SMILES string of the molecule is Cn1c(SCC(=O)O)nnc1-c1c(F)cccc1Br. The minimum absolute atomic E-state index is 0.121. The Morgan fingerprint density at radius 3 is 2.89 bits per heavy atom. The van der Waals surface area contributed by atoms with Crippen LogP contribution in [0.2, 0.25) is 0 Å². The van der Waals surface area contributed by atoms with Crippen molar-refractivity contribution in [3.63, 3.8) is 0 Å². The second kappa shape index (κ2) is 5.70. The lowest BCUT2D eigenvalue weighted by atomic mass is 10.2. The van der Waals surface area contributed by atoms with E-state index in [1.807, 2.05) is 0 Å². The van der Waals surface area contributed by atoms with Gasteiger partial charge in [-0.15, -0.1) is 10.2 Å². The van der Waals surface area contributed by atoms with E-state index in [0.29, 0.717) is 21.0 Å². The second-order valence-corrected chi connectivity index (χ2v) is 5.44. The molecule has 0 atom stereocenters. The number of thioether (sulfide) groups is 1. The number of carbonyl (C=O) groups is 1. The van der Waals surface area contributed by atoms with Gasteiger partial charge in [-0.05, 0) is 28.1 Å². The first kappa shape index (κ1) is 14.0. The van der Waals surface area contributed by atoms with E-state index in [4.69, 9.17) is 5.11 Å². The monoisotopic (exact) mass is 345 g/mol. The molecule has 1 heterocycles. The third kappa shape index (κ3) is 2.95. The molecule has 0 spiro atoms. The van der Waals surface area contributed by atoms with Crippen molar-refractivity contribution in [3.05, 3.63) is 28.5 Å². The number of aliphatic carboxylic acids is 1. The van der Waals surface area contributed by atoms with Gasteiger partial charge in [-0.25, -0.2) is 4.39 Å². The average molecular weight is 346 g/mol. The topological polar surface area (TPSA) is 68.0 Å². The molecule has 8 heteroatoms. The van der Waals surface area contributed by atoms with Gasteiger partial charge in [-0.2, -0.15) is 0 Å². The summed E-state index contributed by atoms with van der Waals surface area (Å²) < 4.78 is 16.0. The van der Waals surface area contributed by atoms with Crippen molar-refractivity contribution in [3.8, 4) is 11.4 Å². The minimum Gasteiger partial charge on any atom is -0.481 e. The smallest absolute Gasteiger partial charge is 0.313 e. The van der Waals surface area contributed by atoms with Crippen molar-refractivity contribution in [2.24, 2.45) is 7.05 Å². The zero-order valence-electron chi connectivity index (χ0n) is 9.80. The molecule has 0 saturated carbocycles. The number of carboxylic acid groups (broad SMARTS) is 1. The summed E-state index contributed by atoms with van der Waals surface area (Å²) in [6.07, 6.45) is 0. The first-order valence-electron chi connectivity index (χ1n) is 5.19. The van der Waals surface area contributed by atoms with E-state index in [9.17, 15) is 9.18 Å². The fraction of sp³-hybridized carbons (Fsp3) is 0.182. The molecular formula is C11H9BrFN3O2S. The van der Waals surface area contributed by atoms with E-state index in [1.54, 1.807) is 23.7 Å². The highest BCUT2D eigenvalue weighted by atomic mass is 79.9. The maximum absolute atomic E-state index is 13.8. The molecule has 5 nitrogen and oxygen atoms in total. The molecule has 0 bridgehead atoms. The molecule has 19 heavy (non-hydrogen) atoms. The number of halogens is 2. The second-order valence-electron chi connectivity index (χ2n) is 3.64. The Morgan fingerprint density at radius 1 is 1.53 bits per heavy atom. The molecule has 1 aromatic heterocycles. The summed E-state index contributed by atoms with van der Waals surface area (Å²) in [6.45, 7) is 0. The van der Waals surface area contributed by atoms with Gasteiger partial charge in [-0.1, -0.05) is 17.8 Å². The lowest BCUT2D eigenvalue weighted by Gasteiger charge is -2.06. The van der Waals surface area contributed by atoms with Crippen LogP contribution < -0.4 is 0 Å². The van der Waals surface area contributed by atoms with Crippen molar-refractivity contribution < 1.29 is 14.3 Å². The largest absolute Gasteiger partial charge is 0.481 e. The fourth-order valence-corrected chi connectivity index (χ4v) is 2.65. The molecule has 100 valence electrons. The molecular weight excluding hydrogens is 337 g/mol. The van der Waals surface area contributed by atoms with Crippen LogP contribution in [0.4, 0.5) is 4.39 Å². The number of benzene rings is 1. The maximum Gasteiger partial charge on any atom is 0.313 e. The summed E-state index contributed by atoms with van der Waals surface area (Å²) in [5, 5.41) is 16.8. The molecule has 2 aromatic rings. The number of hydrogen-bond acceptors (Lipinski definition) is 4. The van der Waals surface area contributed by atoms with Crippen LogP contribution in [0.3, 0.4) is 0 Å². The third-order valence-corrected chi connectivity index (χ3v) is 4.01. The summed E-state index contributed by atoms with van der Waals surface area (Å²) >= 11 is 4.30. The highest BCUT2D eigenvalue weighted by Gasteiger charge is 2.17. The molecule has 1 N–H and O–H groups in total. The number of carboxylic acids is 1. The lowest BCUT2D eigenvalue weighted by molar-refractivity contribution is -0.133. The van der Waals surface area contributed by atoms with Crippen LogP contribution in [0.5, 0.6) is 0 Å². The van der Waals surface area contributed by atoms with E-state index in [0.717, 1.165) is 11.8 Å². The Kier molecular flexibility index (Phi) is 4.20. The van der Waals surface area contributed by atoms with Crippen molar-refractivity contribution >= 4 is 33.7 Å². The first-order chi connectivity index (χ1) is 9.00. The number of rotatable bonds is 4. The fourth-order valence-electron chi connectivity index (χ4n) is 1.50. The Morgan fingerprint density at radius 2 is 2.26 bits per heavy atom. The first-order valence-corrected chi connectivity index (χ1v) is 6.97. The molecule has 0 unspecified atom stereocenters. The summed E-state index contributed by atoms with van der Waals surface area (Å²) in [7, 11) is 1.67. The van der Waals surface area contributed by atoms with Crippen LogP contribution in [0.1, 0.15) is 0 Å².